The Hall–Kier alpha value is -2.16. The van der Waals surface area contributed by atoms with Crippen molar-refractivity contribution in [2.24, 2.45) is 0 Å². The van der Waals surface area contributed by atoms with Crippen LogP contribution >= 0.6 is 0 Å². The highest BCUT2D eigenvalue weighted by molar-refractivity contribution is 6.01. The van der Waals surface area contributed by atoms with Crippen LogP contribution in [0.4, 0.5) is 0 Å². The van der Waals surface area contributed by atoms with Gasteiger partial charge in [-0.2, -0.15) is 0 Å². The van der Waals surface area contributed by atoms with E-state index in [4.69, 9.17) is 33.3 Å². The molecule has 0 aromatic carbocycles. The van der Waals surface area contributed by atoms with Crippen LogP contribution in [0.1, 0.15) is 142 Å². The first-order valence-electron chi connectivity index (χ1n) is 20.3. The summed E-state index contributed by atoms with van der Waals surface area (Å²) in [7, 11) is 0. The van der Waals surface area contributed by atoms with Crippen molar-refractivity contribution in [1.29, 1.82) is 0 Å². The lowest BCUT2D eigenvalue weighted by Gasteiger charge is -2.12. The first-order valence-corrected chi connectivity index (χ1v) is 20.3. The second-order valence-corrected chi connectivity index (χ2v) is 13.2. The largest absolute Gasteiger partial charge is 0.378 e. The van der Waals surface area contributed by atoms with Crippen LogP contribution in [0.2, 0.25) is 0 Å². The molecule has 0 bridgehead atoms. The molecule has 0 saturated carbocycles. The van der Waals surface area contributed by atoms with Gasteiger partial charge in [0.15, 0.2) is 0 Å². The van der Waals surface area contributed by atoms with Gasteiger partial charge >= 0.3 is 5.97 Å². The van der Waals surface area contributed by atoms with Crippen LogP contribution in [0.25, 0.3) is 0 Å². The maximum Gasteiger partial charge on any atom is 0.335 e. The van der Waals surface area contributed by atoms with Gasteiger partial charge in [0.25, 0.3) is 11.8 Å². The second kappa shape index (κ2) is 37.2. The molecule has 304 valence electrons. The van der Waals surface area contributed by atoms with Crippen LogP contribution in [0.3, 0.4) is 0 Å². The van der Waals surface area contributed by atoms with Gasteiger partial charge in [-0.25, -0.2) is 4.79 Å². The van der Waals surface area contributed by atoms with Crippen molar-refractivity contribution in [2.75, 3.05) is 85.8 Å². The number of hydroxylamine groups is 2. The summed E-state index contributed by atoms with van der Waals surface area (Å²) in [5, 5.41) is 3.45. The van der Waals surface area contributed by atoms with E-state index in [0.717, 1.165) is 12.8 Å². The fourth-order valence-corrected chi connectivity index (χ4v) is 5.52. The van der Waals surface area contributed by atoms with E-state index >= 15 is 0 Å². The van der Waals surface area contributed by atoms with Crippen molar-refractivity contribution in [3.8, 4) is 0 Å². The molecule has 0 aliphatic carbocycles. The number of carbonyl (C=O) groups excluding carboxylic acids is 4. The number of nitrogens with zero attached hydrogens (tertiary/aromatic N) is 1. The van der Waals surface area contributed by atoms with Crippen LogP contribution in [-0.4, -0.2) is 115 Å². The Balaban J connectivity index is 1.68. The highest BCUT2D eigenvalue weighted by Crippen LogP contribution is 2.15. The summed E-state index contributed by atoms with van der Waals surface area (Å²) < 4.78 is 32.6. The number of amides is 3. The van der Waals surface area contributed by atoms with Crippen molar-refractivity contribution in [1.82, 2.24) is 10.4 Å². The summed E-state index contributed by atoms with van der Waals surface area (Å²) in [6.07, 6.45) is 23.4. The van der Waals surface area contributed by atoms with Gasteiger partial charge in [0.05, 0.1) is 85.7 Å². The fraction of sp³-hybridized carbons (Fsp3) is 0.897. The third kappa shape index (κ3) is 31.4. The number of carbonyl (C=O) groups is 4. The number of unbranched alkanes of at least 4 members (excludes halogenated alkanes) is 16. The summed E-state index contributed by atoms with van der Waals surface area (Å²) in [6, 6.07) is 0. The summed E-state index contributed by atoms with van der Waals surface area (Å²) in [5.74, 6) is -1.60. The SMILES string of the molecule is CCCCCCCCCCCCCCCCCCCC(=O)NCCOCCOCCOCCOCCOCCOCCC(=O)ON1C(=O)CCC1=O. The van der Waals surface area contributed by atoms with E-state index in [1.807, 2.05) is 0 Å². The molecule has 1 aliphatic heterocycles. The third-order valence-electron chi connectivity index (χ3n) is 8.59. The number of imide groups is 1. The Kier molecular flexibility index (Phi) is 34.2. The molecule has 0 atom stereocenters. The van der Waals surface area contributed by atoms with Crippen molar-refractivity contribution >= 4 is 23.7 Å². The molecule has 13 heteroatoms. The number of nitrogens with one attached hydrogen (secondary N) is 1. The quantitative estimate of drug-likeness (QED) is 0.0562. The van der Waals surface area contributed by atoms with Crippen molar-refractivity contribution in [3.63, 3.8) is 0 Å². The highest BCUT2D eigenvalue weighted by Gasteiger charge is 2.32. The van der Waals surface area contributed by atoms with Crippen molar-refractivity contribution < 1.29 is 52.4 Å². The zero-order chi connectivity index (χ0) is 37.6. The predicted octanol–water partition coefficient (Wildman–Crippen LogP) is 6.24. The van der Waals surface area contributed by atoms with E-state index in [1.165, 1.54) is 96.3 Å². The molecule has 13 nitrogen and oxygen atoms in total. The number of hydrogen-bond acceptors (Lipinski definition) is 11. The Bertz CT molecular complexity index is 861. The summed E-state index contributed by atoms with van der Waals surface area (Å²) in [5.41, 5.74) is 0. The Morgan fingerprint density at radius 1 is 0.481 bits per heavy atom. The predicted molar refractivity (Wildman–Crippen MR) is 198 cm³/mol. The molecule has 1 fully saturated rings. The molecule has 1 rings (SSSR count). The number of ether oxygens (including phenoxy) is 6. The Morgan fingerprint density at radius 2 is 0.827 bits per heavy atom. The monoisotopic (exact) mass is 745 g/mol. The van der Waals surface area contributed by atoms with Gasteiger partial charge in [-0.05, 0) is 6.42 Å². The van der Waals surface area contributed by atoms with Gasteiger partial charge in [-0.3, -0.25) is 14.4 Å². The molecule has 0 aromatic rings. The first-order chi connectivity index (χ1) is 25.5. The molecule has 3 amide bonds. The summed E-state index contributed by atoms with van der Waals surface area (Å²) in [6.45, 7) is 7.59. The van der Waals surface area contributed by atoms with E-state index in [-0.39, 0.29) is 31.8 Å². The van der Waals surface area contributed by atoms with Gasteiger partial charge in [0, 0.05) is 25.8 Å². The minimum atomic E-state index is -0.695. The molecular formula is C39H72N2O11. The minimum absolute atomic E-state index is 0.0623. The Labute approximate surface area is 313 Å². The number of hydrogen-bond donors (Lipinski definition) is 1. The van der Waals surface area contributed by atoms with Gasteiger partial charge in [-0.15, -0.1) is 5.06 Å². The zero-order valence-corrected chi connectivity index (χ0v) is 32.5. The second-order valence-electron chi connectivity index (χ2n) is 13.2. The molecule has 1 N–H and O–H groups in total. The normalized spacial score (nSPS) is 13.0. The molecule has 1 aliphatic rings. The van der Waals surface area contributed by atoms with Crippen LogP contribution in [0.15, 0.2) is 0 Å². The lowest BCUT2D eigenvalue weighted by Crippen LogP contribution is -2.32. The van der Waals surface area contributed by atoms with Crippen molar-refractivity contribution in [3.05, 3.63) is 0 Å². The number of rotatable bonds is 40. The first kappa shape index (κ1) is 47.9. The van der Waals surface area contributed by atoms with Gasteiger partial charge in [-0.1, -0.05) is 110 Å². The lowest BCUT2D eigenvalue weighted by atomic mass is 10.0. The van der Waals surface area contributed by atoms with Crippen LogP contribution < -0.4 is 5.32 Å². The molecule has 0 spiro atoms. The van der Waals surface area contributed by atoms with Gasteiger partial charge < -0.3 is 38.6 Å². The maximum absolute atomic E-state index is 12.0. The van der Waals surface area contributed by atoms with E-state index in [0.29, 0.717) is 90.7 Å². The molecule has 0 radical (unpaired) electrons. The van der Waals surface area contributed by atoms with E-state index in [9.17, 15) is 19.2 Å². The lowest BCUT2D eigenvalue weighted by molar-refractivity contribution is -0.198. The zero-order valence-electron chi connectivity index (χ0n) is 32.5. The van der Waals surface area contributed by atoms with Gasteiger partial charge in [0.2, 0.25) is 5.91 Å². The maximum atomic E-state index is 12.0. The van der Waals surface area contributed by atoms with Gasteiger partial charge in [0.1, 0.15) is 0 Å². The molecule has 52 heavy (non-hydrogen) atoms. The van der Waals surface area contributed by atoms with Crippen LogP contribution in [0, 0.1) is 0 Å². The van der Waals surface area contributed by atoms with Crippen molar-refractivity contribution in [2.45, 2.75) is 142 Å². The average molecular weight is 745 g/mol. The van der Waals surface area contributed by atoms with Crippen LogP contribution in [-0.2, 0) is 52.4 Å². The molecule has 0 aromatic heterocycles. The smallest absolute Gasteiger partial charge is 0.335 e. The van der Waals surface area contributed by atoms with E-state index < -0.39 is 17.8 Å². The Morgan fingerprint density at radius 3 is 1.23 bits per heavy atom. The topological polar surface area (TPSA) is 148 Å². The van der Waals surface area contributed by atoms with Crippen LogP contribution in [0.5, 0.6) is 0 Å². The fourth-order valence-electron chi connectivity index (χ4n) is 5.52. The molecule has 1 saturated heterocycles. The standard InChI is InChI=1S/C39H72N2O11/c1-2-3-4-5-6-7-8-9-10-11-12-13-14-15-16-17-18-19-36(42)40-23-25-47-27-29-49-31-33-51-35-34-50-32-30-48-28-26-46-24-22-39(45)52-41-37(43)20-21-38(41)44/h2-35H2,1H3,(H,40,42). The highest BCUT2D eigenvalue weighted by atomic mass is 16.7. The van der Waals surface area contributed by atoms with E-state index in [1.54, 1.807) is 0 Å². The summed E-state index contributed by atoms with van der Waals surface area (Å²) in [4.78, 5) is 51.2. The third-order valence-corrected chi connectivity index (χ3v) is 8.59. The van der Waals surface area contributed by atoms with E-state index in [2.05, 4.69) is 12.2 Å². The minimum Gasteiger partial charge on any atom is -0.378 e. The molecule has 0 unspecified atom stereocenters. The molecular weight excluding hydrogens is 672 g/mol. The molecule has 1 heterocycles. The summed E-state index contributed by atoms with van der Waals surface area (Å²) >= 11 is 0. The average Bonchev–Trinajstić information content (AvgIpc) is 3.45.